The Morgan fingerprint density at radius 1 is 1.39 bits per heavy atom. The number of carboxylic acid groups (broad SMARTS) is 2. The molecular formula is C11H18N2O5. The van der Waals surface area contributed by atoms with Crippen molar-refractivity contribution in [1.82, 2.24) is 10.6 Å². The highest BCUT2D eigenvalue weighted by atomic mass is 16.4. The van der Waals surface area contributed by atoms with Crippen molar-refractivity contribution >= 4 is 17.8 Å². The molecular weight excluding hydrogens is 240 g/mol. The van der Waals surface area contributed by atoms with Gasteiger partial charge in [0.15, 0.2) is 0 Å². The molecule has 1 amide bonds. The van der Waals surface area contributed by atoms with Gasteiger partial charge >= 0.3 is 11.9 Å². The van der Waals surface area contributed by atoms with Gasteiger partial charge in [0.1, 0.15) is 6.04 Å². The Bertz CT molecular complexity index is 349. The van der Waals surface area contributed by atoms with E-state index >= 15 is 0 Å². The highest BCUT2D eigenvalue weighted by molar-refractivity contribution is 5.89. The fourth-order valence-electron chi connectivity index (χ4n) is 1.96. The molecule has 102 valence electrons. The predicted octanol–water partition coefficient (Wildman–Crippen LogP) is -0.580. The van der Waals surface area contributed by atoms with Gasteiger partial charge in [0, 0.05) is 6.54 Å². The minimum atomic E-state index is -1.38. The van der Waals surface area contributed by atoms with Crippen LogP contribution in [0.1, 0.15) is 26.2 Å². The minimum Gasteiger partial charge on any atom is -0.481 e. The maximum Gasteiger partial charge on any atom is 0.326 e. The quantitative estimate of drug-likeness (QED) is 0.524. The van der Waals surface area contributed by atoms with Crippen LogP contribution in [0, 0.1) is 5.41 Å². The van der Waals surface area contributed by atoms with Gasteiger partial charge < -0.3 is 20.8 Å². The highest BCUT2D eigenvalue weighted by Gasteiger charge is 2.37. The van der Waals surface area contributed by atoms with Crippen LogP contribution < -0.4 is 10.6 Å². The molecule has 2 atom stereocenters. The van der Waals surface area contributed by atoms with Crippen molar-refractivity contribution in [3.63, 3.8) is 0 Å². The topological polar surface area (TPSA) is 116 Å². The molecule has 0 bridgehead atoms. The Morgan fingerprint density at radius 2 is 2.06 bits per heavy atom. The number of carbonyl (C=O) groups excluding carboxylic acids is 1. The monoisotopic (exact) mass is 258 g/mol. The third-order valence-electron chi connectivity index (χ3n) is 3.13. The van der Waals surface area contributed by atoms with Crippen molar-refractivity contribution < 1.29 is 24.6 Å². The highest BCUT2D eigenvalue weighted by Crippen LogP contribution is 2.25. The number of rotatable bonds is 5. The standard InChI is InChI=1S/C11H18N2O5/c1-11(3-2-4-12-6-11)10(18)13-7(9(16)17)5-8(14)15/h7,12H,2-6H2,1H3,(H,13,18)(H,14,15)(H,16,17). The van der Waals surface area contributed by atoms with Crippen LogP contribution in [0.5, 0.6) is 0 Å². The first-order valence-corrected chi connectivity index (χ1v) is 5.81. The summed E-state index contributed by atoms with van der Waals surface area (Å²) in [7, 11) is 0. The Hall–Kier alpha value is -1.63. The van der Waals surface area contributed by atoms with Crippen LogP contribution in [0.15, 0.2) is 0 Å². The molecule has 1 fully saturated rings. The van der Waals surface area contributed by atoms with E-state index in [1.165, 1.54) is 0 Å². The van der Waals surface area contributed by atoms with Crippen LogP contribution >= 0.6 is 0 Å². The summed E-state index contributed by atoms with van der Waals surface area (Å²) in [6, 6.07) is -1.38. The zero-order valence-corrected chi connectivity index (χ0v) is 10.2. The molecule has 0 radical (unpaired) electrons. The first-order valence-electron chi connectivity index (χ1n) is 5.81. The predicted molar refractivity (Wildman–Crippen MR) is 62.0 cm³/mol. The van der Waals surface area contributed by atoms with Gasteiger partial charge in [-0.2, -0.15) is 0 Å². The minimum absolute atomic E-state index is 0.414. The lowest BCUT2D eigenvalue weighted by atomic mass is 9.81. The van der Waals surface area contributed by atoms with E-state index in [2.05, 4.69) is 10.6 Å². The molecule has 18 heavy (non-hydrogen) atoms. The molecule has 2 unspecified atom stereocenters. The normalized spacial score (nSPS) is 25.2. The van der Waals surface area contributed by atoms with Gasteiger partial charge in [-0.15, -0.1) is 0 Å². The van der Waals surface area contributed by atoms with Crippen LogP contribution in [0.3, 0.4) is 0 Å². The van der Waals surface area contributed by atoms with E-state index < -0.39 is 35.7 Å². The van der Waals surface area contributed by atoms with Crippen LogP contribution in [0.4, 0.5) is 0 Å². The molecule has 7 heteroatoms. The number of piperidine rings is 1. The summed E-state index contributed by atoms with van der Waals surface area (Å²) in [5, 5.41) is 22.8. The number of hydrogen-bond donors (Lipinski definition) is 4. The average molecular weight is 258 g/mol. The van der Waals surface area contributed by atoms with E-state index in [0.717, 1.165) is 13.0 Å². The van der Waals surface area contributed by atoms with Gasteiger partial charge in [-0.3, -0.25) is 9.59 Å². The molecule has 4 N–H and O–H groups in total. The maximum absolute atomic E-state index is 12.0. The van der Waals surface area contributed by atoms with Gasteiger partial charge in [-0.1, -0.05) is 0 Å². The molecule has 7 nitrogen and oxygen atoms in total. The zero-order chi connectivity index (χ0) is 13.8. The van der Waals surface area contributed by atoms with Gasteiger partial charge in [-0.25, -0.2) is 4.79 Å². The van der Waals surface area contributed by atoms with Gasteiger partial charge in [0.2, 0.25) is 5.91 Å². The molecule has 1 aliphatic heterocycles. The molecule has 0 aromatic heterocycles. The SMILES string of the molecule is CC1(C(=O)NC(CC(=O)O)C(=O)O)CCCNC1. The Balaban J connectivity index is 2.65. The van der Waals surface area contributed by atoms with Gasteiger partial charge in [0.25, 0.3) is 0 Å². The van der Waals surface area contributed by atoms with Crippen LogP contribution in [-0.4, -0.2) is 47.2 Å². The Morgan fingerprint density at radius 3 is 2.50 bits per heavy atom. The van der Waals surface area contributed by atoms with Crippen LogP contribution in [0.2, 0.25) is 0 Å². The fraction of sp³-hybridized carbons (Fsp3) is 0.727. The summed E-state index contributed by atoms with van der Waals surface area (Å²) >= 11 is 0. The Labute approximate surface area is 105 Å². The third kappa shape index (κ3) is 3.69. The van der Waals surface area contributed by atoms with E-state index in [1.807, 2.05) is 0 Å². The first kappa shape index (κ1) is 14.4. The van der Waals surface area contributed by atoms with E-state index in [4.69, 9.17) is 10.2 Å². The molecule has 0 aromatic rings. The zero-order valence-electron chi connectivity index (χ0n) is 10.2. The second-order valence-electron chi connectivity index (χ2n) is 4.80. The molecule has 1 rings (SSSR count). The lowest BCUT2D eigenvalue weighted by molar-refractivity contribution is -0.148. The van der Waals surface area contributed by atoms with Crippen molar-refractivity contribution in [2.45, 2.75) is 32.2 Å². The molecule has 0 spiro atoms. The smallest absolute Gasteiger partial charge is 0.326 e. The van der Waals surface area contributed by atoms with E-state index in [1.54, 1.807) is 6.92 Å². The fourth-order valence-corrected chi connectivity index (χ4v) is 1.96. The largest absolute Gasteiger partial charge is 0.481 e. The lowest BCUT2D eigenvalue weighted by Crippen LogP contribution is -2.53. The number of amides is 1. The lowest BCUT2D eigenvalue weighted by Gasteiger charge is -2.33. The van der Waals surface area contributed by atoms with E-state index in [-0.39, 0.29) is 0 Å². The second kappa shape index (κ2) is 5.81. The van der Waals surface area contributed by atoms with Crippen molar-refractivity contribution in [2.75, 3.05) is 13.1 Å². The summed E-state index contributed by atoms with van der Waals surface area (Å²) in [4.78, 5) is 33.4. The molecule has 1 heterocycles. The second-order valence-corrected chi connectivity index (χ2v) is 4.80. The van der Waals surface area contributed by atoms with Crippen molar-refractivity contribution in [3.05, 3.63) is 0 Å². The van der Waals surface area contributed by atoms with Gasteiger partial charge in [0.05, 0.1) is 11.8 Å². The van der Waals surface area contributed by atoms with E-state index in [0.29, 0.717) is 13.0 Å². The number of nitrogens with one attached hydrogen (secondary N) is 2. The molecule has 0 saturated carbocycles. The number of carbonyl (C=O) groups is 3. The van der Waals surface area contributed by atoms with Gasteiger partial charge in [-0.05, 0) is 26.3 Å². The Kier molecular flexibility index (Phi) is 4.66. The molecule has 0 aliphatic carbocycles. The van der Waals surface area contributed by atoms with Crippen molar-refractivity contribution in [1.29, 1.82) is 0 Å². The summed E-state index contributed by atoms with van der Waals surface area (Å²) < 4.78 is 0. The first-order chi connectivity index (χ1) is 8.35. The number of hydrogen-bond acceptors (Lipinski definition) is 4. The van der Waals surface area contributed by atoms with Crippen molar-refractivity contribution in [3.8, 4) is 0 Å². The molecule has 1 saturated heterocycles. The van der Waals surface area contributed by atoms with Crippen molar-refractivity contribution in [2.24, 2.45) is 5.41 Å². The number of aliphatic carboxylic acids is 2. The summed E-state index contributed by atoms with van der Waals surface area (Å²) in [5.41, 5.74) is -0.676. The average Bonchev–Trinajstić information content (AvgIpc) is 2.28. The van der Waals surface area contributed by atoms with Crippen LogP contribution in [0.25, 0.3) is 0 Å². The summed E-state index contributed by atoms with van der Waals surface area (Å²) in [6.07, 6.45) is 0.871. The maximum atomic E-state index is 12.0. The van der Waals surface area contributed by atoms with E-state index in [9.17, 15) is 14.4 Å². The summed E-state index contributed by atoms with van der Waals surface area (Å²) in [5.74, 6) is -3.00. The molecule has 0 aromatic carbocycles. The van der Waals surface area contributed by atoms with Crippen LogP contribution in [-0.2, 0) is 14.4 Å². The number of carboxylic acids is 2. The molecule has 1 aliphatic rings. The third-order valence-corrected chi connectivity index (χ3v) is 3.13. The summed E-state index contributed by atoms with van der Waals surface area (Å²) in [6.45, 7) is 3.05.